The highest BCUT2D eigenvalue weighted by atomic mass is 35.5. The third-order valence-corrected chi connectivity index (χ3v) is 4.34. The van der Waals surface area contributed by atoms with Gasteiger partial charge in [0.15, 0.2) is 0 Å². The van der Waals surface area contributed by atoms with Gasteiger partial charge in [-0.05, 0) is 36.6 Å². The molecule has 0 radical (unpaired) electrons. The first-order valence-electron chi connectivity index (χ1n) is 8.22. The molecule has 5 heteroatoms. The van der Waals surface area contributed by atoms with Gasteiger partial charge in [0.2, 0.25) is 0 Å². The molecule has 0 saturated carbocycles. The number of fused-ring (bicyclic) bond motifs is 1. The Morgan fingerprint density at radius 3 is 2.78 bits per heavy atom. The standard InChI is InChI=1S/C18H23ClN4/c1-4-20-16-10-17(22-18(21-16)12(2)3)23-8-7-13-9-15(19)6-5-14(13)11-23/h5-6,9-10,12H,4,7-8,11H2,1-3H3,(H,20,21,22). The largest absolute Gasteiger partial charge is 0.370 e. The first-order chi connectivity index (χ1) is 11.1. The minimum atomic E-state index is 0.309. The molecule has 1 aliphatic rings. The molecule has 1 aromatic carbocycles. The molecule has 0 aliphatic carbocycles. The molecule has 2 aromatic rings. The second-order valence-corrected chi connectivity index (χ2v) is 6.68. The maximum absolute atomic E-state index is 6.10. The number of aromatic nitrogens is 2. The van der Waals surface area contributed by atoms with Gasteiger partial charge in [0, 0.05) is 36.6 Å². The summed E-state index contributed by atoms with van der Waals surface area (Å²) in [6.45, 7) is 9.01. The summed E-state index contributed by atoms with van der Waals surface area (Å²) in [5.74, 6) is 3.10. The first-order valence-corrected chi connectivity index (χ1v) is 8.59. The molecule has 0 fully saturated rings. The fourth-order valence-corrected chi connectivity index (χ4v) is 3.06. The van der Waals surface area contributed by atoms with Crippen molar-refractivity contribution in [1.82, 2.24) is 9.97 Å². The predicted octanol–water partition coefficient (Wildman–Crippen LogP) is 4.25. The maximum atomic E-state index is 6.10. The van der Waals surface area contributed by atoms with Gasteiger partial charge in [-0.1, -0.05) is 31.5 Å². The van der Waals surface area contributed by atoms with E-state index in [9.17, 15) is 0 Å². The summed E-state index contributed by atoms with van der Waals surface area (Å²) in [6, 6.07) is 8.22. The molecular weight excluding hydrogens is 308 g/mol. The Labute approximate surface area is 142 Å². The Kier molecular flexibility index (Phi) is 4.71. The van der Waals surface area contributed by atoms with E-state index in [1.54, 1.807) is 0 Å². The van der Waals surface area contributed by atoms with E-state index in [1.165, 1.54) is 11.1 Å². The van der Waals surface area contributed by atoms with Crippen LogP contribution in [0.15, 0.2) is 24.3 Å². The van der Waals surface area contributed by atoms with Crippen molar-refractivity contribution in [1.29, 1.82) is 0 Å². The molecule has 23 heavy (non-hydrogen) atoms. The van der Waals surface area contributed by atoms with Gasteiger partial charge < -0.3 is 10.2 Å². The second kappa shape index (κ2) is 6.75. The van der Waals surface area contributed by atoms with Crippen molar-refractivity contribution in [2.24, 2.45) is 0 Å². The predicted molar refractivity (Wildman–Crippen MR) is 96.5 cm³/mol. The highest BCUT2D eigenvalue weighted by Gasteiger charge is 2.19. The number of halogens is 1. The van der Waals surface area contributed by atoms with Crippen LogP contribution in [0.5, 0.6) is 0 Å². The van der Waals surface area contributed by atoms with E-state index in [0.29, 0.717) is 5.92 Å². The van der Waals surface area contributed by atoms with Crippen LogP contribution in [0.3, 0.4) is 0 Å². The minimum Gasteiger partial charge on any atom is -0.370 e. The third-order valence-electron chi connectivity index (χ3n) is 4.11. The summed E-state index contributed by atoms with van der Waals surface area (Å²) in [6.07, 6.45) is 0.993. The topological polar surface area (TPSA) is 41.0 Å². The second-order valence-electron chi connectivity index (χ2n) is 6.24. The zero-order valence-electron chi connectivity index (χ0n) is 13.9. The quantitative estimate of drug-likeness (QED) is 0.910. The van der Waals surface area contributed by atoms with Crippen molar-refractivity contribution in [3.8, 4) is 0 Å². The lowest BCUT2D eigenvalue weighted by Crippen LogP contribution is -2.31. The smallest absolute Gasteiger partial charge is 0.135 e. The molecule has 3 rings (SSSR count). The normalized spacial score (nSPS) is 14.0. The molecule has 2 heterocycles. The van der Waals surface area contributed by atoms with E-state index in [0.717, 1.165) is 48.5 Å². The maximum Gasteiger partial charge on any atom is 0.135 e. The summed E-state index contributed by atoms with van der Waals surface area (Å²) in [4.78, 5) is 11.7. The summed E-state index contributed by atoms with van der Waals surface area (Å²) < 4.78 is 0. The summed E-state index contributed by atoms with van der Waals surface area (Å²) in [5, 5.41) is 4.13. The molecule has 1 N–H and O–H groups in total. The van der Waals surface area contributed by atoms with Crippen molar-refractivity contribution in [3.63, 3.8) is 0 Å². The number of nitrogens with one attached hydrogen (secondary N) is 1. The fraction of sp³-hybridized carbons (Fsp3) is 0.444. The molecule has 4 nitrogen and oxygen atoms in total. The van der Waals surface area contributed by atoms with Crippen LogP contribution in [0, 0.1) is 0 Å². The molecule has 122 valence electrons. The van der Waals surface area contributed by atoms with E-state index in [2.05, 4.69) is 54.2 Å². The van der Waals surface area contributed by atoms with E-state index in [1.807, 2.05) is 6.07 Å². The lowest BCUT2D eigenvalue weighted by atomic mass is 10.00. The van der Waals surface area contributed by atoms with Gasteiger partial charge in [0.25, 0.3) is 0 Å². The van der Waals surface area contributed by atoms with Crippen LogP contribution < -0.4 is 10.2 Å². The highest BCUT2D eigenvalue weighted by Crippen LogP contribution is 2.27. The molecule has 0 atom stereocenters. The molecule has 0 bridgehead atoms. The van der Waals surface area contributed by atoms with Crippen LogP contribution in [-0.4, -0.2) is 23.1 Å². The molecule has 0 amide bonds. The van der Waals surface area contributed by atoms with Crippen molar-refractivity contribution < 1.29 is 0 Å². The zero-order valence-corrected chi connectivity index (χ0v) is 14.7. The minimum absolute atomic E-state index is 0.309. The van der Waals surface area contributed by atoms with Crippen molar-refractivity contribution in [3.05, 3.63) is 46.2 Å². The average molecular weight is 331 g/mol. The van der Waals surface area contributed by atoms with Crippen molar-refractivity contribution in [2.75, 3.05) is 23.3 Å². The van der Waals surface area contributed by atoms with Crippen molar-refractivity contribution in [2.45, 2.75) is 39.7 Å². The number of anilines is 2. The number of rotatable bonds is 4. The zero-order chi connectivity index (χ0) is 16.4. The Hall–Kier alpha value is -1.81. The third kappa shape index (κ3) is 3.58. The number of hydrogen-bond acceptors (Lipinski definition) is 4. The van der Waals surface area contributed by atoms with Crippen LogP contribution in [0.2, 0.25) is 5.02 Å². The Morgan fingerprint density at radius 2 is 2.04 bits per heavy atom. The molecule has 0 saturated heterocycles. The average Bonchev–Trinajstić information content (AvgIpc) is 2.54. The summed E-state index contributed by atoms with van der Waals surface area (Å²) in [5.41, 5.74) is 2.68. The molecule has 0 spiro atoms. The van der Waals surface area contributed by atoms with Gasteiger partial charge in [0.05, 0.1) is 0 Å². The number of nitrogens with zero attached hydrogens (tertiary/aromatic N) is 3. The van der Waals surface area contributed by atoms with E-state index >= 15 is 0 Å². The van der Waals surface area contributed by atoms with Gasteiger partial charge >= 0.3 is 0 Å². The lowest BCUT2D eigenvalue weighted by molar-refractivity contribution is 0.703. The van der Waals surface area contributed by atoms with Gasteiger partial charge in [-0.2, -0.15) is 0 Å². The van der Waals surface area contributed by atoms with Gasteiger partial charge in [-0.15, -0.1) is 0 Å². The van der Waals surface area contributed by atoms with Crippen LogP contribution in [0.4, 0.5) is 11.6 Å². The molecule has 1 aromatic heterocycles. The molecule has 0 unspecified atom stereocenters. The number of hydrogen-bond donors (Lipinski definition) is 1. The summed E-state index contributed by atoms with van der Waals surface area (Å²) >= 11 is 6.10. The van der Waals surface area contributed by atoms with Gasteiger partial charge in [-0.25, -0.2) is 9.97 Å². The van der Waals surface area contributed by atoms with Crippen LogP contribution >= 0.6 is 11.6 Å². The first kappa shape index (κ1) is 16.1. The highest BCUT2D eigenvalue weighted by molar-refractivity contribution is 6.30. The number of benzene rings is 1. The SMILES string of the molecule is CCNc1cc(N2CCc3cc(Cl)ccc3C2)nc(C(C)C)n1. The van der Waals surface area contributed by atoms with E-state index < -0.39 is 0 Å². The lowest BCUT2D eigenvalue weighted by Gasteiger charge is -2.30. The Bertz CT molecular complexity index is 699. The van der Waals surface area contributed by atoms with Crippen LogP contribution in [0.1, 0.15) is 43.6 Å². The summed E-state index contributed by atoms with van der Waals surface area (Å²) in [7, 11) is 0. The van der Waals surface area contributed by atoms with Gasteiger partial charge in [0.1, 0.15) is 17.5 Å². The van der Waals surface area contributed by atoms with Crippen LogP contribution in [-0.2, 0) is 13.0 Å². The Morgan fingerprint density at radius 1 is 1.22 bits per heavy atom. The van der Waals surface area contributed by atoms with E-state index in [4.69, 9.17) is 16.6 Å². The van der Waals surface area contributed by atoms with Crippen molar-refractivity contribution >= 4 is 23.2 Å². The van der Waals surface area contributed by atoms with E-state index in [-0.39, 0.29) is 0 Å². The van der Waals surface area contributed by atoms with Crippen LogP contribution in [0.25, 0.3) is 0 Å². The fourth-order valence-electron chi connectivity index (χ4n) is 2.86. The molecule has 1 aliphatic heterocycles. The Balaban J connectivity index is 1.91. The molecular formula is C18H23ClN4. The monoisotopic (exact) mass is 330 g/mol. The van der Waals surface area contributed by atoms with Gasteiger partial charge in [-0.3, -0.25) is 0 Å².